The Morgan fingerprint density at radius 3 is 2.05 bits per heavy atom. The first-order valence-corrected chi connectivity index (χ1v) is 5.58. The lowest BCUT2D eigenvalue weighted by Gasteiger charge is -2.13. The van der Waals surface area contributed by atoms with Crippen LogP contribution in [0.25, 0.3) is 10.8 Å². The lowest BCUT2D eigenvalue weighted by atomic mass is 10.0. The molecule has 0 spiro atoms. The van der Waals surface area contributed by atoms with Gasteiger partial charge in [-0.15, -0.1) is 0 Å². The number of hydrogen-bond donors (Lipinski definition) is 1. The van der Waals surface area contributed by atoms with Crippen LogP contribution in [0.15, 0.2) is 24.3 Å². The third kappa shape index (κ3) is 2.14. The normalized spacial score (nSPS) is 10.3. The summed E-state index contributed by atoms with van der Waals surface area (Å²) in [5, 5.41) is 10.5. The highest BCUT2D eigenvalue weighted by Crippen LogP contribution is 2.40. The van der Waals surface area contributed by atoms with E-state index in [2.05, 4.69) is 0 Å². The largest absolute Gasteiger partial charge is 0.496 e. The van der Waals surface area contributed by atoms with Gasteiger partial charge in [0.05, 0.1) is 32.3 Å². The maximum atomic E-state index is 11.1. The van der Waals surface area contributed by atoms with Gasteiger partial charge in [0.1, 0.15) is 17.2 Å². The molecule has 2 rings (SSSR count). The molecule has 0 heterocycles. The molecule has 0 unspecified atom stereocenters. The van der Waals surface area contributed by atoms with Crippen molar-refractivity contribution in [2.75, 3.05) is 21.3 Å². The average molecular weight is 262 g/mol. The molecular weight excluding hydrogens is 248 g/mol. The number of fused-ring (bicyclic) bond motifs is 1. The fourth-order valence-electron chi connectivity index (χ4n) is 2.02. The molecule has 0 atom stereocenters. The molecule has 0 aromatic heterocycles. The van der Waals surface area contributed by atoms with Crippen LogP contribution in [0.5, 0.6) is 17.2 Å². The topological polar surface area (TPSA) is 65.0 Å². The van der Waals surface area contributed by atoms with Gasteiger partial charge in [-0.2, -0.15) is 0 Å². The zero-order valence-electron chi connectivity index (χ0n) is 10.9. The van der Waals surface area contributed by atoms with Crippen molar-refractivity contribution in [3.63, 3.8) is 0 Å². The van der Waals surface area contributed by atoms with E-state index < -0.39 is 5.97 Å². The quantitative estimate of drug-likeness (QED) is 0.917. The fourth-order valence-corrected chi connectivity index (χ4v) is 2.02. The Hall–Kier alpha value is -2.43. The summed E-state index contributed by atoms with van der Waals surface area (Å²) in [6.07, 6.45) is 0. The van der Waals surface area contributed by atoms with E-state index in [1.807, 2.05) is 0 Å². The van der Waals surface area contributed by atoms with Crippen molar-refractivity contribution >= 4 is 16.7 Å². The van der Waals surface area contributed by atoms with E-state index in [1.165, 1.54) is 20.3 Å². The van der Waals surface area contributed by atoms with Crippen molar-refractivity contribution in [1.82, 2.24) is 0 Å². The number of ether oxygens (including phenoxy) is 3. The Morgan fingerprint density at radius 1 is 0.947 bits per heavy atom. The molecule has 2 aromatic carbocycles. The zero-order chi connectivity index (χ0) is 14.0. The lowest BCUT2D eigenvalue weighted by Crippen LogP contribution is -1.99. The number of hydrogen-bond acceptors (Lipinski definition) is 4. The average Bonchev–Trinajstić information content (AvgIpc) is 2.44. The highest BCUT2D eigenvalue weighted by Gasteiger charge is 2.16. The summed E-state index contributed by atoms with van der Waals surface area (Å²) in [7, 11) is 4.56. The molecule has 19 heavy (non-hydrogen) atoms. The zero-order valence-corrected chi connectivity index (χ0v) is 10.9. The van der Waals surface area contributed by atoms with Gasteiger partial charge in [-0.3, -0.25) is 0 Å². The Balaban J connectivity index is 2.90. The second-order valence-corrected chi connectivity index (χ2v) is 3.88. The summed E-state index contributed by atoms with van der Waals surface area (Å²) in [5.74, 6) is 0.581. The number of aromatic carboxylic acids is 1. The molecule has 0 bridgehead atoms. The highest BCUT2D eigenvalue weighted by atomic mass is 16.5. The van der Waals surface area contributed by atoms with Crippen LogP contribution >= 0.6 is 0 Å². The summed E-state index contributed by atoms with van der Waals surface area (Å²) in [6.45, 7) is 0. The van der Waals surface area contributed by atoms with Crippen molar-refractivity contribution < 1.29 is 24.1 Å². The molecule has 0 aliphatic heterocycles. The first-order chi connectivity index (χ1) is 9.12. The Kier molecular flexibility index (Phi) is 3.46. The summed E-state index contributed by atoms with van der Waals surface area (Å²) in [5.41, 5.74) is 0.135. The van der Waals surface area contributed by atoms with Gasteiger partial charge in [0.15, 0.2) is 0 Å². The minimum atomic E-state index is -1.02. The number of methoxy groups -OCH3 is 3. The number of carbonyl (C=O) groups is 1. The molecule has 5 heteroatoms. The SMILES string of the molecule is COc1ccc(OC)c2c(OC)cc(C(=O)O)cc12. The molecule has 0 saturated carbocycles. The Morgan fingerprint density at radius 2 is 1.53 bits per heavy atom. The highest BCUT2D eigenvalue weighted by molar-refractivity contribution is 6.03. The van der Waals surface area contributed by atoms with Crippen LogP contribution in [-0.2, 0) is 0 Å². The number of benzene rings is 2. The Bertz CT molecular complexity index is 633. The molecule has 0 amide bonds. The lowest BCUT2D eigenvalue weighted by molar-refractivity contribution is 0.0696. The molecule has 0 saturated heterocycles. The molecule has 1 N–H and O–H groups in total. The molecular formula is C14H14O5. The van der Waals surface area contributed by atoms with E-state index in [1.54, 1.807) is 25.3 Å². The van der Waals surface area contributed by atoms with Crippen LogP contribution in [0.4, 0.5) is 0 Å². The summed E-state index contributed by atoms with van der Waals surface area (Å²) >= 11 is 0. The monoisotopic (exact) mass is 262 g/mol. The van der Waals surface area contributed by atoms with Crippen LogP contribution in [0.1, 0.15) is 10.4 Å². The van der Waals surface area contributed by atoms with Crippen molar-refractivity contribution in [3.05, 3.63) is 29.8 Å². The molecule has 2 aromatic rings. The van der Waals surface area contributed by atoms with Crippen molar-refractivity contribution in [1.29, 1.82) is 0 Å². The molecule has 0 fully saturated rings. The van der Waals surface area contributed by atoms with Gasteiger partial charge in [-0.25, -0.2) is 4.79 Å². The maximum Gasteiger partial charge on any atom is 0.335 e. The standard InChI is InChI=1S/C14H14O5/c1-17-10-4-5-11(18-2)13-9(10)6-8(14(15)16)7-12(13)19-3/h4-7H,1-3H3,(H,15,16). The third-order valence-corrected chi connectivity index (χ3v) is 2.91. The second-order valence-electron chi connectivity index (χ2n) is 3.88. The van der Waals surface area contributed by atoms with E-state index in [4.69, 9.17) is 19.3 Å². The van der Waals surface area contributed by atoms with E-state index in [-0.39, 0.29) is 5.56 Å². The number of carboxylic acid groups (broad SMARTS) is 1. The molecule has 0 aliphatic carbocycles. The molecule has 100 valence electrons. The van der Waals surface area contributed by atoms with Crippen LogP contribution < -0.4 is 14.2 Å². The number of carboxylic acids is 1. The summed E-state index contributed by atoms with van der Waals surface area (Å²) in [6, 6.07) is 6.49. The predicted octanol–water partition coefficient (Wildman–Crippen LogP) is 2.56. The predicted molar refractivity (Wildman–Crippen MR) is 70.6 cm³/mol. The van der Waals surface area contributed by atoms with Gasteiger partial charge >= 0.3 is 5.97 Å². The Labute approximate surface area is 110 Å². The van der Waals surface area contributed by atoms with Crippen molar-refractivity contribution in [2.45, 2.75) is 0 Å². The van der Waals surface area contributed by atoms with Crippen LogP contribution in [0, 0.1) is 0 Å². The van der Waals surface area contributed by atoms with Gasteiger partial charge in [0, 0.05) is 5.39 Å². The summed E-state index contributed by atoms with van der Waals surface area (Å²) < 4.78 is 15.8. The van der Waals surface area contributed by atoms with Gasteiger partial charge < -0.3 is 19.3 Å². The minimum Gasteiger partial charge on any atom is -0.496 e. The second kappa shape index (κ2) is 5.06. The molecule has 5 nitrogen and oxygen atoms in total. The van der Waals surface area contributed by atoms with Gasteiger partial charge in [-0.05, 0) is 24.3 Å². The smallest absolute Gasteiger partial charge is 0.335 e. The maximum absolute atomic E-state index is 11.1. The first kappa shape index (κ1) is 13.0. The van der Waals surface area contributed by atoms with Crippen molar-refractivity contribution in [3.8, 4) is 17.2 Å². The van der Waals surface area contributed by atoms with Gasteiger partial charge in [0.2, 0.25) is 0 Å². The van der Waals surface area contributed by atoms with E-state index in [0.29, 0.717) is 28.0 Å². The fraction of sp³-hybridized carbons (Fsp3) is 0.214. The van der Waals surface area contributed by atoms with Gasteiger partial charge in [0.25, 0.3) is 0 Å². The van der Waals surface area contributed by atoms with E-state index in [9.17, 15) is 4.79 Å². The summed E-state index contributed by atoms with van der Waals surface area (Å²) in [4.78, 5) is 11.1. The molecule has 0 aliphatic rings. The van der Waals surface area contributed by atoms with Crippen LogP contribution in [0.3, 0.4) is 0 Å². The van der Waals surface area contributed by atoms with Crippen molar-refractivity contribution in [2.24, 2.45) is 0 Å². The third-order valence-electron chi connectivity index (χ3n) is 2.91. The minimum absolute atomic E-state index is 0.135. The van der Waals surface area contributed by atoms with Crippen LogP contribution in [-0.4, -0.2) is 32.4 Å². The van der Waals surface area contributed by atoms with E-state index >= 15 is 0 Å². The molecule has 0 radical (unpaired) electrons. The first-order valence-electron chi connectivity index (χ1n) is 5.58. The van der Waals surface area contributed by atoms with Crippen LogP contribution in [0.2, 0.25) is 0 Å². The van der Waals surface area contributed by atoms with Gasteiger partial charge in [-0.1, -0.05) is 0 Å². The van der Waals surface area contributed by atoms with E-state index in [0.717, 1.165) is 0 Å². The number of rotatable bonds is 4.